The van der Waals surface area contributed by atoms with Crippen LogP contribution in [0.5, 0.6) is 5.88 Å². The molecule has 0 bridgehead atoms. The van der Waals surface area contributed by atoms with E-state index < -0.39 is 0 Å². The summed E-state index contributed by atoms with van der Waals surface area (Å²) in [5.74, 6) is 1.98. The zero-order valence-electron chi connectivity index (χ0n) is 12.3. The standard InChI is InChI=1S/C15H23N3O2/c1-9-4-10(2)6-13(5-9)20-14-8-12(15(16)18-19)7-11(3)17-14/h7-10,13,19H,4-6H2,1-3H3,(H2,16,18). The predicted octanol–water partition coefficient (Wildman–Crippen LogP) is 2.69. The van der Waals surface area contributed by atoms with E-state index in [2.05, 4.69) is 24.0 Å². The van der Waals surface area contributed by atoms with Gasteiger partial charge in [0, 0.05) is 17.3 Å². The number of aryl methyl sites for hydroxylation is 1. The maximum Gasteiger partial charge on any atom is 0.214 e. The molecule has 1 aromatic rings. The first kappa shape index (κ1) is 14.6. The van der Waals surface area contributed by atoms with Gasteiger partial charge in [0.15, 0.2) is 5.84 Å². The number of oxime groups is 1. The lowest BCUT2D eigenvalue weighted by molar-refractivity contribution is 0.0966. The quantitative estimate of drug-likeness (QED) is 0.385. The van der Waals surface area contributed by atoms with E-state index >= 15 is 0 Å². The van der Waals surface area contributed by atoms with Crippen molar-refractivity contribution in [1.82, 2.24) is 4.98 Å². The van der Waals surface area contributed by atoms with E-state index in [0.29, 0.717) is 23.3 Å². The average molecular weight is 277 g/mol. The highest BCUT2D eigenvalue weighted by molar-refractivity contribution is 5.97. The number of ether oxygens (including phenoxy) is 1. The Hall–Kier alpha value is -1.78. The minimum absolute atomic E-state index is 0.0748. The van der Waals surface area contributed by atoms with Gasteiger partial charge in [-0.2, -0.15) is 0 Å². The number of rotatable bonds is 3. The number of amidine groups is 1. The summed E-state index contributed by atoms with van der Waals surface area (Å²) in [7, 11) is 0. The van der Waals surface area contributed by atoms with Crippen molar-refractivity contribution < 1.29 is 9.94 Å². The third-order valence-electron chi connectivity index (χ3n) is 3.76. The average Bonchev–Trinajstić information content (AvgIpc) is 2.35. The van der Waals surface area contributed by atoms with Crippen LogP contribution in [0.25, 0.3) is 0 Å². The molecule has 3 N–H and O–H groups in total. The minimum atomic E-state index is 0.0748. The fourth-order valence-corrected chi connectivity index (χ4v) is 3.04. The largest absolute Gasteiger partial charge is 0.474 e. The zero-order valence-corrected chi connectivity index (χ0v) is 12.3. The summed E-state index contributed by atoms with van der Waals surface area (Å²) < 4.78 is 6.01. The van der Waals surface area contributed by atoms with Gasteiger partial charge in [-0.3, -0.25) is 0 Å². The van der Waals surface area contributed by atoms with E-state index in [0.717, 1.165) is 18.5 Å². The van der Waals surface area contributed by atoms with E-state index in [9.17, 15) is 0 Å². The van der Waals surface area contributed by atoms with Crippen LogP contribution in [0, 0.1) is 18.8 Å². The van der Waals surface area contributed by atoms with Crippen LogP contribution in [0.15, 0.2) is 17.3 Å². The fourth-order valence-electron chi connectivity index (χ4n) is 3.04. The van der Waals surface area contributed by atoms with Crippen molar-refractivity contribution in [2.75, 3.05) is 0 Å². The first-order valence-corrected chi connectivity index (χ1v) is 7.11. The second kappa shape index (κ2) is 6.11. The van der Waals surface area contributed by atoms with Crippen LogP contribution in [0.1, 0.15) is 44.4 Å². The first-order valence-electron chi connectivity index (χ1n) is 7.11. The van der Waals surface area contributed by atoms with Gasteiger partial charge in [0.2, 0.25) is 5.88 Å². The van der Waals surface area contributed by atoms with Crippen molar-refractivity contribution in [2.45, 2.75) is 46.1 Å². The van der Waals surface area contributed by atoms with Gasteiger partial charge >= 0.3 is 0 Å². The molecule has 2 unspecified atom stereocenters. The summed E-state index contributed by atoms with van der Waals surface area (Å²) in [4.78, 5) is 4.38. The predicted molar refractivity (Wildman–Crippen MR) is 78.1 cm³/mol. The molecule has 0 aromatic carbocycles. The summed E-state index contributed by atoms with van der Waals surface area (Å²) >= 11 is 0. The lowest BCUT2D eigenvalue weighted by Gasteiger charge is -2.31. The van der Waals surface area contributed by atoms with Gasteiger partial charge in [0.05, 0.1) is 0 Å². The van der Waals surface area contributed by atoms with Crippen molar-refractivity contribution >= 4 is 5.84 Å². The van der Waals surface area contributed by atoms with Crippen LogP contribution < -0.4 is 10.5 Å². The second-order valence-corrected chi connectivity index (χ2v) is 5.98. The molecule has 5 nitrogen and oxygen atoms in total. The number of nitrogens with two attached hydrogens (primary N) is 1. The Bertz CT molecular complexity index is 492. The van der Waals surface area contributed by atoms with Gasteiger partial charge in [0.25, 0.3) is 0 Å². The molecule has 0 spiro atoms. The van der Waals surface area contributed by atoms with Crippen molar-refractivity contribution in [2.24, 2.45) is 22.7 Å². The lowest BCUT2D eigenvalue weighted by Crippen LogP contribution is -2.29. The summed E-state index contributed by atoms with van der Waals surface area (Å²) in [6.07, 6.45) is 3.57. The van der Waals surface area contributed by atoms with E-state index in [-0.39, 0.29) is 11.9 Å². The van der Waals surface area contributed by atoms with Crippen LogP contribution in [0.4, 0.5) is 0 Å². The summed E-state index contributed by atoms with van der Waals surface area (Å²) in [5, 5.41) is 11.8. The van der Waals surface area contributed by atoms with Crippen molar-refractivity contribution in [3.05, 3.63) is 23.4 Å². The molecule has 20 heavy (non-hydrogen) atoms. The maximum atomic E-state index is 8.76. The molecule has 1 aliphatic rings. The molecule has 1 fully saturated rings. The van der Waals surface area contributed by atoms with Crippen LogP contribution in [0.3, 0.4) is 0 Å². The van der Waals surface area contributed by atoms with E-state index in [4.69, 9.17) is 15.7 Å². The molecule has 1 saturated carbocycles. The van der Waals surface area contributed by atoms with Crippen molar-refractivity contribution in [1.29, 1.82) is 0 Å². The Kier molecular flexibility index (Phi) is 4.47. The smallest absolute Gasteiger partial charge is 0.214 e. The molecule has 1 heterocycles. The van der Waals surface area contributed by atoms with Gasteiger partial charge in [-0.25, -0.2) is 4.98 Å². The minimum Gasteiger partial charge on any atom is -0.474 e. The normalized spacial score (nSPS) is 27.4. The number of aromatic nitrogens is 1. The van der Waals surface area contributed by atoms with Gasteiger partial charge in [0.1, 0.15) is 6.10 Å². The number of nitrogens with zero attached hydrogens (tertiary/aromatic N) is 2. The Balaban J connectivity index is 2.14. The van der Waals surface area contributed by atoms with Gasteiger partial charge in [-0.15, -0.1) is 0 Å². The van der Waals surface area contributed by atoms with Crippen LogP contribution in [0.2, 0.25) is 0 Å². The van der Waals surface area contributed by atoms with E-state index in [1.54, 1.807) is 12.1 Å². The number of hydrogen-bond donors (Lipinski definition) is 2. The molecule has 110 valence electrons. The summed E-state index contributed by atoms with van der Waals surface area (Å²) in [6, 6.07) is 3.50. The lowest BCUT2D eigenvalue weighted by atomic mass is 9.82. The van der Waals surface area contributed by atoms with Gasteiger partial charge < -0.3 is 15.7 Å². The van der Waals surface area contributed by atoms with E-state index in [1.807, 2.05) is 6.92 Å². The first-order chi connectivity index (χ1) is 9.47. The highest BCUT2D eigenvalue weighted by Gasteiger charge is 2.25. The number of hydrogen-bond acceptors (Lipinski definition) is 4. The third kappa shape index (κ3) is 3.62. The molecule has 0 amide bonds. The monoisotopic (exact) mass is 277 g/mol. The topological polar surface area (TPSA) is 80.7 Å². The summed E-state index contributed by atoms with van der Waals surface area (Å²) in [5.41, 5.74) is 7.05. The molecule has 2 rings (SSSR count). The Morgan fingerprint density at radius 1 is 1.30 bits per heavy atom. The van der Waals surface area contributed by atoms with Gasteiger partial charge in [-0.05, 0) is 44.1 Å². The highest BCUT2D eigenvalue weighted by atomic mass is 16.5. The van der Waals surface area contributed by atoms with Crippen LogP contribution in [-0.2, 0) is 0 Å². The molecule has 1 aromatic heterocycles. The fraction of sp³-hybridized carbons (Fsp3) is 0.600. The molecule has 1 aliphatic carbocycles. The van der Waals surface area contributed by atoms with E-state index in [1.165, 1.54) is 6.42 Å². The van der Waals surface area contributed by atoms with Crippen LogP contribution >= 0.6 is 0 Å². The molecule has 5 heteroatoms. The SMILES string of the molecule is Cc1cc(/C(N)=N/O)cc(OC2CC(C)CC(C)C2)n1. The van der Waals surface area contributed by atoms with Gasteiger partial charge in [-0.1, -0.05) is 19.0 Å². The Morgan fingerprint density at radius 2 is 1.95 bits per heavy atom. The maximum absolute atomic E-state index is 8.76. The molecule has 0 aliphatic heterocycles. The Labute approximate surface area is 119 Å². The second-order valence-electron chi connectivity index (χ2n) is 5.98. The van der Waals surface area contributed by atoms with Crippen LogP contribution in [-0.4, -0.2) is 22.1 Å². The van der Waals surface area contributed by atoms with Crippen molar-refractivity contribution in [3.63, 3.8) is 0 Å². The van der Waals surface area contributed by atoms with Crippen molar-refractivity contribution in [3.8, 4) is 5.88 Å². The molecule has 2 atom stereocenters. The zero-order chi connectivity index (χ0) is 14.7. The molecule has 0 saturated heterocycles. The summed E-state index contributed by atoms with van der Waals surface area (Å²) in [6.45, 7) is 6.39. The molecular weight excluding hydrogens is 254 g/mol. The molecular formula is C15H23N3O2. The Morgan fingerprint density at radius 3 is 2.55 bits per heavy atom. The third-order valence-corrected chi connectivity index (χ3v) is 3.76. The highest BCUT2D eigenvalue weighted by Crippen LogP contribution is 2.31. The number of pyridine rings is 1. The molecule has 0 radical (unpaired) electrons.